The fourth-order valence-corrected chi connectivity index (χ4v) is 7.47. The second-order valence-corrected chi connectivity index (χ2v) is 11.5. The number of hydrogen-bond acceptors (Lipinski definition) is 1. The summed E-state index contributed by atoms with van der Waals surface area (Å²) in [5, 5.41) is 1.55. The smallest absolute Gasteiger partial charge is 0.153 e. The maximum absolute atomic E-state index is 3.92. The van der Waals surface area contributed by atoms with Crippen LogP contribution in [-0.4, -0.2) is 13.8 Å². The fraction of sp³-hybridized carbons (Fsp3) is 0.316. The van der Waals surface area contributed by atoms with Crippen molar-refractivity contribution >= 4 is 13.4 Å². The molecule has 2 aliphatic rings. The summed E-state index contributed by atoms with van der Waals surface area (Å²) in [5.41, 5.74) is 4.37. The highest BCUT2D eigenvalue weighted by Gasteiger charge is 2.40. The summed E-state index contributed by atoms with van der Waals surface area (Å²) in [7, 11) is -1.74. The lowest BCUT2D eigenvalue weighted by Gasteiger charge is -2.35. The zero-order valence-corrected chi connectivity index (χ0v) is 14.6. The van der Waals surface area contributed by atoms with Gasteiger partial charge in [0.2, 0.25) is 0 Å². The van der Waals surface area contributed by atoms with Crippen molar-refractivity contribution in [3.8, 4) is 0 Å². The van der Waals surface area contributed by atoms with E-state index in [1.54, 1.807) is 5.20 Å². The van der Waals surface area contributed by atoms with Gasteiger partial charge in [-0.05, 0) is 42.7 Å². The SMILES string of the molecule is CC(C)(C)N[Si](C)(C)C1=C2C=CC=C[C]2c2ccccc21. The highest BCUT2D eigenvalue weighted by Crippen LogP contribution is 2.47. The number of rotatable bonds is 2. The fourth-order valence-electron chi connectivity index (χ4n) is 3.69. The first-order valence-electron chi connectivity index (χ1n) is 7.65. The molecule has 2 heteroatoms. The van der Waals surface area contributed by atoms with Gasteiger partial charge in [-0.3, -0.25) is 0 Å². The predicted molar refractivity (Wildman–Crippen MR) is 94.4 cm³/mol. The molecule has 0 aliphatic heterocycles. The number of nitrogens with one attached hydrogen (secondary N) is 1. The van der Waals surface area contributed by atoms with Gasteiger partial charge in [0.05, 0.1) is 5.92 Å². The van der Waals surface area contributed by atoms with E-state index in [1.165, 1.54) is 22.6 Å². The van der Waals surface area contributed by atoms with Gasteiger partial charge >= 0.3 is 0 Å². The van der Waals surface area contributed by atoms with Crippen molar-refractivity contribution < 1.29 is 0 Å². The number of hydrogen-bond donors (Lipinski definition) is 1. The van der Waals surface area contributed by atoms with Crippen LogP contribution in [-0.2, 0) is 0 Å². The molecule has 109 valence electrons. The van der Waals surface area contributed by atoms with E-state index < -0.39 is 8.24 Å². The Hall–Kier alpha value is -1.38. The Bertz CT molecular complexity index is 656. The van der Waals surface area contributed by atoms with Gasteiger partial charge < -0.3 is 4.98 Å². The van der Waals surface area contributed by atoms with Crippen LogP contribution in [0, 0.1) is 5.92 Å². The van der Waals surface area contributed by atoms with Crippen LogP contribution in [0.25, 0.3) is 5.20 Å². The third-order valence-corrected chi connectivity index (χ3v) is 7.16. The zero-order valence-electron chi connectivity index (χ0n) is 13.6. The van der Waals surface area contributed by atoms with E-state index in [0.29, 0.717) is 0 Å². The molecule has 1 nitrogen and oxygen atoms in total. The van der Waals surface area contributed by atoms with Crippen molar-refractivity contribution in [1.29, 1.82) is 0 Å². The average molecular weight is 294 g/mol. The number of allylic oxidation sites excluding steroid dienone is 5. The molecule has 0 amide bonds. The molecule has 0 fully saturated rings. The molecule has 0 saturated heterocycles. The zero-order chi connectivity index (χ0) is 15.3. The van der Waals surface area contributed by atoms with Crippen molar-refractivity contribution in [2.45, 2.75) is 39.4 Å². The Morgan fingerprint density at radius 2 is 1.52 bits per heavy atom. The Morgan fingerprint density at radius 3 is 2.19 bits per heavy atom. The molecule has 1 radical (unpaired) electrons. The van der Waals surface area contributed by atoms with Gasteiger partial charge in [-0.25, -0.2) is 0 Å². The van der Waals surface area contributed by atoms with Gasteiger partial charge in [0.1, 0.15) is 0 Å². The molecule has 1 N–H and O–H groups in total. The minimum Gasteiger partial charge on any atom is -0.329 e. The minimum absolute atomic E-state index is 0.134. The van der Waals surface area contributed by atoms with Crippen LogP contribution < -0.4 is 4.98 Å². The summed E-state index contributed by atoms with van der Waals surface area (Å²) in [4.78, 5) is 3.92. The Balaban J connectivity index is 2.15. The minimum atomic E-state index is -1.74. The molecule has 0 saturated carbocycles. The third-order valence-electron chi connectivity index (χ3n) is 4.00. The molecular formula is C19H24NSi. The Labute approximate surface area is 129 Å². The van der Waals surface area contributed by atoms with Crippen LogP contribution in [0.4, 0.5) is 0 Å². The lowest BCUT2D eigenvalue weighted by atomic mass is 9.93. The van der Waals surface area contributed by atoms with Crippen LogP contribution >= 0.6 is 0 Å². The summed E-state index contributed by atoms with van der Waals surface area (Å²) < 4.78 is 0. The van der Waals surface area contributed by atoms with E-state index >= 15 is 0 Å². The molecule has 0 heterocycles. The van der Waals surface area contributed by atoms with E-state index in [-0.39, 0.29) is 5.54 Å². The van der Waals surface area contributed by atoms with E-state index in [2.05, 4.69) is 87.4 Å². The second-order valence-electron chi connectivity index (χ2n) is 7.47. The Morgan fingerprint density at radius 1 is 0.905 bits per heavy atom. The van der Waals surface area contributed by atoms with E-state index in [4.69, 9.17) is 0 Å². The van der Waals surface area contributed by atoms with Crippen LogP contribution in [0.2, 0.25) is 13.1 Å². The highest BCUT2D eigenvalue weighted by molar-refractivity contribution is 6.93. The molecule has 0 aromatic heterocycles. The van der Waals surface area contributed by atoms with Crippen molar-refractivity contribution in [3.05, 3.63) is 71.2 Å². The van der Waals surface area contributed by atoms with Crippen molar-refractivity contribution in [2.24, 2.45) is 0 Å². The third kappa shape index (κ3) is 2.58. The molecule has 0 unspecified atom stereocenters. The monoisotopic (exact) mass is 294 g/mol. The first-order chi connectivity index (χ1) is 9.80. The van der Waals surface area contributed by atoms with Crippen LogP contribution in [0.5, 0.6) is 0 Å². The molecule has 0 bridgehead atoms. The maximum Gasteiger partial charge on any atom is 0.153 e. The van der Waals surface area contributed by atoms with Gasteiger partial charge in [0, 0.05) is 5.54 Å². The molecule has 0 spiro atoms. The highest BCUT2D eigenvalue weighted by atomic mass is 28.3. The first kappa shape index (κ1) is 14.5. The van der Waals surface area contributed by atoms with E-state index in [1.807, 2.05) is 0 Å². The largest absolute Gasteiger partial charge is 0.329 e. The standard InChI is InChI=1S/C19H24NSi/c1-19(2,3)20-21(4,5)18-16-12-8-6-10-14(16)15-11-7-9-13-17(15)18/h6-13,20H,1-5H3. The lowest BCUT2D eigenvalue weighted by molar-refractivity contribution is 0.515. The van der Waals surface area contributed by atoms with Gasteiger partial charge in [0.15, 0.2) is 8.24 Å². The summed E-state index contributed by atoms with van der Waals surface area (Å²) in [6, 6.07) is 8.84. The van der Waals surface area contributed by atoms with Crippen molar-refractivity contribution in [2.75, 3.05) is 0 Å². The quantitative estimate of drug-likeness (QED) is 0.784. The van der Waals surface area contributed by atoms with Gasteiger partial charge in [-0.2, -0.15) is 0 Å². The summed E-state index contributed by atoms with van der Waals surface area (Å²) >= 11 is 0. The van der Waals surface area contributed by atoms with Crippen LogP contribution in [0.1, 0.15) is 31.9 Å². The normalized spacial score (nSPS) is 18.1. The van der Waals surface area contributed by atoms with Gasteiger partial charge in [0.25, 0.3) is 0 Å². The van der Waals surface area contributed by atoms with E-state index in [9.17, 15) is 0 Å². The average Bonchev–Trinajstić information content (AvgIpc) is 2.71. The first-order valence-corrected chi connectivity index (χ1v) is 10.7. The number of fused-ring (bicyclic) bond motifs is 3. The lowest BCUT2D eigenvalue weighted by Crippen LogP contribution is -2.55. The van der Waals surface area contributed by atoms with Crippen molar-refractivity contribution in [1.82, 2.24) is 4.98 Å². The number of benzene rings is 1. The summed E-state index contributed by atoms with van der Waals surface area (Å²) in [5.74, 6) is 1.39. The molecule has 0 atom stereocenters. The topological polar surface area (TPSA) is 12.0 Å². The molecule has 2 aliphatic carbocycles. The van der Waals surface area contributed by atoms with Crippen LogP contribution in [0.15, 0.2) is 54.1 Å². The summed E-state index contributed by atoms with van der Waals surface area (Å²) in [6.45, 7) is 11.6. The van der Waals surface area contributed by atoms with Crippen LogP contribution in [0.3, 0.4) is 0 Å². The van der Waals surface area contributed by atoms with Gasteiger partial charge in [-0.15, -0.1) is 0 Å². The predicted octanol–water partition coefficient (Wildman–Crippen LogP) is 4.63. The maximum atomic E-state index is 3.92. The molecule has 21 heavy (non-hydrogen) atoms. The molecule has 1 aromatic rings. The molecule has 1 aromatic carbocycles. The Kier molecular flexibility index (Phi) is 3.34. The molecular weight excluding hydrogens is 270 g/mol. The van der Waals surface area contributed by atoms with Gasteiger partial charge in [-0.1, -0.05) is 61.7 Å². The van der Waals surface area contributed by atoms with E-state index in [0.717, 1.165) is 0 Å². The summed E-state index contributed by atoms with van der Waals surface area (Å²) in [6.07, 6.45) is 8.84. The molecule has 3 rings (SSSR count). The van der Waals surface area contributed by atoms with Crippen molar-refractivity contribution in [3.63, 3.8) is 0 Å². The second kappa shape index (κ2) is 4.82.